The molecule has 0 unspecified atom stereocenters. The number of hydrogen-bond donors (Lipinski definition) is 1. The summed E-state index contributed by atoms with van der Waals surface area (Å²) >= 11 is 0. The predicted octanol–water partition coefficient (Wildman–Crippen LogP) is 2.90. The fourth-order valence-corrected chi connectivity index (χ4v) is 3.67. The van der Waals surface area contributed by atoms with Gasteiger partial charge in [0.15, 0.2) is 11.5 Å². The molecule has 2 aromatic carbocycles. The Bertz CT molecular complexity index is 1140. The van der Waals surface area contributed by atoms with Crippen molar-refractivity contribution in [3.05, 3.63) is 48.3 Å². The Labute approximate surface area is 204 Å². The van der Waals surface area contributed by atoms with Crippen LogP contribution in [0.4, 0.5) is 11.5 Å². The summed E-state index contributed by atoms with van der Waals surface area (Å²) < 4.78 is 27.3. The molecule has 10 nitrogen and oxygen atoms in total. The van der Waals surface area contributed by atoms with Crippen molar-refractivity contribution in [3.8, 4) is 11.5 Å². The van der Waals surface area contributed by atoms with Gasteiger partial charge in [0.2, 0.25) is 0 Å². The highest BCUT2D eigenvalue weighted by Gasteiger charge is 2.19. The Morgan fingerprint density at radius 3 is 2.40 bits per heavy atom. The number of ether oxygens (including phenoxy) is 5. The SMILES string of the molecule is COCCOc1cc2ncnc(Nc3cccc(C(=O)N4CCOCC4)c3)c2cc1OCCOC. The molecule has 0 radical (unpaired) electrons. The van der Waals surface area contributed by atoms with Crippen molar-refractivity contribution < 1.29 is 28.5 Å². The number of carbonyl (C=O) groups is 1. The number of aromatic nitrogens is 2. The van der Waals surface area contributed by atoms with Crippen molar-refractivity contribution in [2.75, 3.05) is 72.3 Å². The van der Waals surface area contributed by atoms with Gasteiger partial charge in [-0.3, -0.25) is 4.79 Å². The van der Waals surface area contributed by atoms with Gasteiger partial charge in [-0.1, -0.05) is 6.07 Å². The van der Waals surface area contributed by atoms with Gasteiger partial charge in [0.05, 0.1) is 31.9 Å². The molecule has 10 heteroatoms. The maximum absolute atomic E-state index is 12.9. The average molecular weight is 483 g/mol. The van der Waals surface area contributed by atoms with Crippen LogP contribution in [0.5, 0.6) is 11.5 Å². The molecule has 4 rings (SSSR count). The number of nitrogens with one attached hydrogen (secondary N) is 1. The van der Waals surface area contributed by atoms with Gasteiger partial charge in [-0.05, 0) is 24.3 Å². The third kappa shape index (κ3) is 6.36. The first-order valence-corrected chi connectivity index (χ1v) is 11.5. The van der Waals surface area contributed by atoms with Crippen molar-refractivity contribution in [2.24, 2.45) is 0 Å². The highest BCUT2D eigenvalue weighted by Crippen LogP contribution is 2.35. The molecule has 1 aromatic heterocycles. The number of fused-ring (bicyclic) bond motifs is 1. The molecule has 3 aromatic rings. The normalized spacial score (nSPS) is 13.6. The van der Waals surface area contributed by atoms with Gasteiger partial charge in [-0.2, -0.15) is 0 Å². The standard InChI is InChI=1S/C25H30N4O6/c1-31-10-12-34-22-15-20-21(16-23(22)35-13-11-32-2)26-17-27-24(20)28-19-5-3-4-18(14-19)25(30)29-6-8-33-9-7-29/h3-5,14-17H,6-13H2,1-2H3,(H,26,27,28). The van der Waals surface area contributed by atoms with E-state index in [1.165, 1.54) is 6.33 Å². The second kappa shape index (κ2) is 12.3. The lowest BCUT2D eigenvalue weighted by Gasteiger charge is -2.27. The van der Waals surface area contributed by atoms with E-state index in [1.54, 1.807) is 19.1 Å². The van der Waals surface area contributed by atoms with Crippen LogP contribution in [0.15, 0.2) is 42.7 Å². The minimum Gasteiger partial charge on any atom is -0.487 e. The molecule has 186 valence electrons. The lowest BCUT2D eigenvalue weighted by molar-refractivity contribution is 0.0303. The van der Waals surface area contributed by atoms with Crippen molar-refractivity contribution in [1.82, 2.24) is 14.9 Å². The first kappa shape index (κ1) is 24.6. The van der Waals surface area contributed by atoms with Crippen LogP contribution in [0.1, 0.15) is 10.4 Å². The molecular weight excluding hydrogens is 452 g/mol. The van der Waals surface area contributed by atoms with Crippen molar-refractivity contribution in [3.63, 3.8) is 0 Å². The fraction of sp³-hybridized carbons (Fsp3) is 0.400. The van der Waals surface area contributed by atoms with Crippen LogP contribution in [-0.4, -0.2) is 87.7 Å². The van der Waals surface area contributed by atoms with E-state index < -0.39 is 0 Å². The van der Waals surface area contributed by atoms with Gasteiger partial charge in [0.1, 0.15) is 25.4 Å². The van der Waals surface area contributed by atoms with Crippen LogP contribution in [0, 0.1) is 0 Å². The van der Waals surface area contributed by atoms with E-state index in [1.807, 2.05) is 36.4 Å². The first-order chi connectivity index (χ1) is 17.2. The van der Waals surface area contributed by atoms with Gasteiger partial charge in [-0.15, -0.1) is 0 Å². The van der Waals surface area contributed by atoms with Crippen LogP contribution in [0.3, 0.4) is 0 Å². The topological polar surface area (TPSA) is 104 Å². The number of rotatable bonds is 11. The molecule has 0 spiro atoms. The summed E-state index contributed by atoms with van der Waals surface area (Å²) in [6.07, 6.45) is 1.48. The second-order valence-corrected chi connectivity index (χ2v) is 7.83. The Morgan fingerprint density at radius 2 is 1.69 bits per heavy atom. The van der Waals surface area contributed by atoms with E-state index in [-0.39, 0.29) is 5.91 Å². The number of carbonyl (C=O) groups excluding carboxylic acids is 1. The van der Waals surface area contributed by atoms with Crippen LogP contribution >= 0.6 is 0 Å². The molecule has 1 fully saturated rings. The number of morpholine rings is 1. The van der Waals surface area contributed by atoms with Gasteiger partial charge in [0, 0.05) is 50.0 Å². The zero-order chi connectivity index (χ0) is 24.5. The summed E-state index contributed by atoms with van der Waals surface area (Å²) in [5.74, 6) is 1.69. The summed E-state index contributed by atoms with van der Waals surface area (Å²) in [7, 11) is 3.24. The second-order valence-electron chi connectivity index (χ2n) is 7.83. The largest absolute Gasteiger partial charge is 0.487 e. The smallest absolute Gasteiger partial charge is 0.254 e. The number of nitrogens with zero attached hydrogens (tertiary/aromatic N) is 3. The number of amides is 1. The molecule has 1 saturated heterocycles. The predicted molar refractivity (Wildman–Crippen MR) is 131 cm³/mol. The van der Waals surface area contributed by atoms with Crippen molar-refractivity contribution >= 4 is 28.3 Å². The Kier molecular flexibility index (Phi) is 8.66. The summed E-state index contributed by atoms with van der Waals surface area (Å²) in [5, 5.41) is 4.08. The Morgan fingerprint density at radius 1 is 0.971 bits per heavy atom. The molecule has 1 N–H and O–H groups in total. The average Bonchev–Trinajstić information content (AvgIpc) is 2.89. The van der Waals surface area contributed by atoms with Gasteiger partial charge < -0.3 is 33.9 Å². The zero-order valence-corrected chi connectivity index (χ0v) is 20.0. The minimum atomic E-state index is -0.0174. The number of hydrogen-bond acceptors (Lipinski definition) is 9. The van der Waals surface area contributed by atoms with Crippen LogP contribution in [-0.2, 0) is 14.2 Å². The van der Waals surface area contributed by atoms with E-state index in [0.29, 0.717) is 81.1 Å². The summed E-state index contributed by atoms with van der Waals surface area (Å²) in [6, 6.07) is 11.0. The maximum atomic E-state index is 12.9. The molecule has 1 amide bonds. The van der Waals surface area contributed by atoms with Crippen molar-refractivity contribution in [2.45, 2.75) is 0 Å². The minimum absolute atomic E-state index is 0.0174. The van der Waals surface area contributed by atoms with E-state index in [2.05, 4.69) is 15.3 Å². The third-order valence-corrected chi connectivity index (χ3v) is 5.46. The van der Waals surface area contributed by atoms with Crippen LogP contribution < -0.4 is 14.8 Å². The van der Waals surface area contributed by atoms with E-state index in [4.69, 9.17) is 23.7 Å². The summed E-state index contributed by atoms with van der Waals surface area (Å²) in [4.78, 5) is 23.5. The highest BCUT2D eigenvalue weighted by atomic mass is 16.5. The third-order valence-electron chi connectivity index (χ3n) is 5.46. The molecular formula is C25H30N4O6. The molecule has 1 aliphatic rings. The van der Waals surface area contributed by atoms with Crippen LogP contribution in [0.2, 0.25) is 0 Å². The number of anilines is 2. The first-order valence-electron chi connectivity index (χ1n) is 11.5. The van der Waals surface area contributed by atoms with E-state index in [9.17, 15) is 4.79 Å². The molecule has 0 bridgehead atoms. The lowest BCUT2D eigenvalue weighted by atomic mass is 10.1. The molecule has 35 heavy (non-hydrogen) atoms. The fourth-order valence-electron chi connectivity index (χ4n) is 3.67. The van der Waals surface area contributed by atoms with Gasteiger partial charge >= 0.3 is 0 Å². The molecule has 0 atom stereocenters. The summed E-state index contributed by atoms with van der Waals surface area (Å²) in [5.41, 5.74) is 2.04. The molecule has 0 aliphatic carbocycles. The van der Waals surface area contributed by atoms with Crippen molar-refractivity contribution in [1.29, 1.82) is 0 Å². The number of methoxy groups -OCH3 is 2. The van der Waals surface area contributed by atoms with Gasteiger partial charge in [0.25, 0.3) is 5.91 Å². The highest BCUT2D eigenvalue weighted by molar-refractivity contribution is 5.96. The monoisotopic (exact) mass is 482 g/mol. The molecule has 2 heterocycles. The Balaban J connectivity index is 1.60. The molecule has 1 aliphatic heterocycles. The Hall–Kier alpha value is -3.47. The lowest BCUT2D eigenvalue weighted by Crippen LogP contribution is -2.40. The summed E-state index contributed by atoms with van der Waals surface area (Å²) in [6.45, 7) is 3.93. The quantitative estimate of drug-likeness (QED) is 0.413. The van der Waals surface area contributed by atoms with E-state index >= 15 is 0 Å². The zero-order valence-electron chi connectivity index (χ0n) is 20.0. The van der Waals surface area contributed by atoms with E-state index in [0.717, 1.165) is 11.1 Å². The van der Waals surface area contributed by atoms with Gasteiger partial charge in [-0.25, -0.2) is 9.97 Å². The molecule has 0 saturated carbocycles. The van der Waals surface area contributed by atoms with Crippen LogP contribution in [0.25, 0.3) is 10.9 Å². The maximum Gasteiger partial charge on any atom is 0.254 e. The number of benzene rings is 2.